The van der Waals surface area contributed by atoms with Gasteiger partial charge in [-0.1, -0.05) is 25.7 Å². The summed E-state index contributed by atoms with van der Waals surface area (Å²) in [4.78, 5) is 0. The molecule has 3 nitrogen and oxygen atoms in total. The van der Waals surface area contributed by atoms with E-state index in [1.165, 1.54) is 0 Å². The zero-order chi connectivity index (χ0) is 16.3. The van der Waals surface area contributed by atoms with Crippen molar-refractivity contribution in [2.45, 2.75) is 46.0 Å². The number of rotatable bonds is 7. The standard InChI is InChI=1S/C15H26INO2SSi/c1-6-17(15-9-8-14(16)12-13(15)2)20(18,19)10-7-11-21(3,4)5/h8-9,12H,6-7,10-11H2,1-5H3. The zero-order valence-corrected chi connectivity index (χ0v) is 17.6. The minimum absolute atomic E-state index is 0.247. The zero-order valence-electron chi connectivity index (χ0n) is 13.6. The van der Waals surface area contributed by atoms with Crippen LogP contribution in [0, 0.1) is 10.5 Å². The molecule has 6 heteroatoms. The number of benzene rings is 1. The van der Waals surface area contributed by atoms with E-state index in [2.05, 4.69) is 42.2 Å². The van der Waals surface area contributed by atoms with E-state index in [-0.39, 0.29) is 5.75 Å². The van der Waals surface area contributed by atoms with Crippen LogP contribution in [0.4, 0.5) is 5.69 Å². The normalized spacial score (nSPS) is 12.5. The average Bonchev–Trinajstić information content (AvgIpc) is 2.30. The van der Waals surface area contributed by atoms with Gasteiger partial charge in [-0.25, -0.2) is 8.42 Å². The third-order valence-electron chi connectivity index (χ3n) is 3.38. The molecule has 120 valence electrons. The molecule has 0 bridgehead atoms. The molecule has 0 aliphatic heterocycles. The van der Waals surface area contributed by atoms with Gasteiger partial charge in [0.15, 0.2) is 0 Å². The number of sulfonamides is 1. The SMILES string of the molecule is CCN(c1ccc(I)cc1C)S(=O)(=O)CCC[Si](C)(C)C. The summed E-state index contributed by atoms with van der Waals surface area (Å²) in [7, 11) is -4.41. The molecule has 0 unspecified atom stereocenters. The van der Waals surface area contributed by atoms with E-state index in [1.54, 1.807) is 4.31 Å². The predicted octanol–water partition coefficient (Wildman–Crippen LogP) is 4.48. The highest BCUT2D eigenvalue weighted by Crippen LogP contribution is 2.25. The van der Waals surface area contributed by atoms with Gasteiger partial charge in [0.1, 0.15) is 0 Å². The highest BCUT2D eigenvalue weighted by Gasteiger charge is 2.23. The molecule has 0 aliphatic rings. The van der Waals surface area contributed by atoms with Crippen LogP contribution in [0.3, 0.4) is 0 Å². The Morgan fingerprint density at radius 1 is 1.24 bits per heavy atom. The van der Waals surface area contributed by atoms with Crippen molar-refractivity contribution in [1.29, 1.82) is 0 Å². The fraction of sp³-hybridized carbons (Fsp3) is 0.600. The first-order chi connectivity index (χ1) is 9.57. The maximum absolute atomic E-state index is 12.6. The summed E-state index contributed by atoms with van der Waals surface area (Å²) >= 11 is 2.25. The first kappa shape index (κ1) is 19.0. The molecular weight excluding hydrogens is 413 g/mol. The molecule has 0 fully saturated rings. The van der Waals surface area contributed by atoms with Gasteiger partial charge in [0.25, 0.3) is 0 Å². The second-order valence-electron chi connectivity index (χ2n) is 6.58. The number of nitrogens with zero attached hydrogens (tertiary/aromatic N) is 1. The minimum Gasteiger partial charge on any atom is -0.270 e. The van der Waals surface area contributed by atoms with Crippen LogP contribution < -0.4 is 4.31 Å². The Labute approximate surface area is 144 Å². The number of aryl methyl sites for hydroxylation is 1. The fourth-order valence-corrected chi connectivity index (χ4v) is 6.08. The van der Waals surface area contributed by atoms with E-state index in [0.717, 1.165) is 27.3 Å². The highest BCUT2D eigenvalue weighted by atomic mass is 127. The van der Waals surface area contributed by atoms with Crippen molar-refractivity contribution in [2.24, 2.45) is 0 Å². The first-order valence-corrected chi connectivity index (χ1v) is 13.7. The van der Waals surface area contributed by atoms with E-state index < -0.39 is 18.1 Å². The van der Waals surface area contributed by atoms with Crippen LogP contribution in [0.2, 0.25) is 25.7 Å². The van der Waals surface area contributed by atoms with Crippen LogP contribution in [0.25, 0.3) is 0 Å². The Balaban J connectivity index is 2.92. The smallest absolute Gasteiger partial charge is 0.235 e. The van der Waals surface area contributed by atoms with Crippen LogP contribution in [-0.2, 0) is 10.0 Å². The quantitative estimate of drug-likeness (QED) is 0.464. The van der Waals surface area contributed by atoms with Gasteiger partial charge >= 0.3 is 0 Å². The first-order valence-electron chi connectivity index (χ1n) is 7.33. The summed E-state index contributed by atoms with van der Waals surface area (Å²) in [5.41, 5.74) is 1.82. The van der Waals surface area contributed by atoms with Gasteiger partial charge < -0.3 is 0 Å². The molecule has 21 heavy (non-hydrogen) atoms. The lowest BCUT2D eigenvalue weighted by molar-refractivity contribution is 0.590. The third-order valence-corrected chi connectivity index (χ3v) is 7.84. The van der Waals surface area contributed by atoms with Crippen molar-refractivity contribution in [3.63, 3.8) is 0 Å². The van der Waals surface area contributed by atoms with E-state index in [0.29, 0.717) is 6.54 Å². The lowest BCUT2D eigenvalue weighted by Crippen LogP contribution is -2.34. The molecule has 0 aliphatic carbocycles. The molecule has 0 atom stereocenters. The van der Waals surface area contributed by atoms with E-state index >= 15 is 0 Å². The molecule has 0 N–H and O–H groups in total. The summed E-state index contributed by atoms with van der Waals surface area (Å²) in [5, 5.41) is 0. The molecule has 1 aromatic rings. The molecule has 0 heterocycles. The molecule has 1 aromatic carbocycles. The van der Waals surface area contributed by atoms with E-state index in [1.807, 2.05) is 32.0 Å². The van der Waals surface area contributed by atoms with Crippen molar-refractivity contribution < 1.29 is 8.42 Å². The number of anilines is 1. The molecular formula is C15H26INO2SSi. The predicted molar refractivity (Wildman–Crippen MR) is 103 cm³/mol. The van der Waals surface area contributed by atoms with E-state index in [4.69, 9.17) is 0 Å². The summed E-state index contributed by atoms with van der Waals surface area (Å²) < 4.78 is 27.9. The molecule has 1 rings (SSSR count). The van der Waals surface area contributed by atoms with E-state index in [9.17, 15) is 8.42 Å². The lowest BCUT2D eigenvalue weighted by atomic mass is 10.2. The largest absolute Gasteiger partial charge is 0.270 e. The maximum Gasteiger partial charge on any atom is 0.235 e. The topological polar surface area (TPSA) is 37.4 Å². The third kappa shape index (κ3) is 5.90. The van der Waals surface area contributed by atoms with Crippen LogP contribution in [0.5, 0.6) is 0 Å². The molecule has 0 amide bonds. The van der Waals surface area contributed by atoms with Gasteiger partial charge in [-0.3, -0.25) is 4.31 Å². The Morgan fingerprint density at radius 3 is 2.33 bits per heavy atom. The Morgan fingerprint density at radius 2 is 1.86 bits per heavy atom. The summed E-state index contributed by atoms with van der Waals surface area (Å²) in [6.45, 7) is 11.2. The Hall–Kier alpha value is -0.0831. The van der Waals surface area contributed by atoms with Crippen molar-refractivity contribution in [2.75, 3.05) is 16.6 Å². The molecule has 0 aromatic heterocycles. The van der Waals surface area contributed by atoms with Crippen molar-refractivity contribution >= 4 is 46.4 Å². The van der Waals surface area contributed by atoms with Gasteiger partial charge in [-0.05, 0) is 66.6 Å². The highest BCUT2D eigenvalue weighted by molar-refractivity contribution is 14.1. The van der Waals surface area contributed by atoms with Gasteiger partial charge in [0, 0.05) is 18.2 Å². The Kier molecular flexibility index (Phi) is 6.73. The summed E-state index contributed by atoms with van der Waals surface area (Å²) in [6.07, 6.45) is 0.762. The average molecular weight is 439 g/mol. The summed E-state index contributed by atoms with van der Waals surface area (Å²) in [5.74, 6) is 0.247. The molecule has 0 saturated heterocycles. The second-order valence-corrected chi connectivity index (χ2v) is 15.5. The number of hydrogen-bond acceptors (Lipinski definition) is 2. The maximum atomic E-state index is 12.6. The van der Waals surface area contributed by atoms with Gasteiger partial charge in [-0.15, -0.1) is 0 Å². The lowest BCUT2D eigenvalue weighted by Gasteiger charge is -2.25. The van der Waals surface area contributed by atoms with Crippen molar-refractivity contribution in [3.05, 3.63) is 27.3 Å². The van der Waals surface area contributed by atoms with Gasteiger partial charge in [-0.2, -0.15) is 0 Å². The fourth-order valence-electron chi connectivity index (χ4n) is 2.31. The van der Waals surface area contributed by atoms with Crippen LogP contribution in [0.15, 0.2) is 18.2 Å². The number of halogens is 1. The van der Waals surface area contributed by atoms with Gasteiger partial charge in [0.2, 0.25) is 10.0 Å². The minimum atomic E-state index is -3.23. The van der Waals surface area contributed by atoms with Gasteiger partial charge in [0.05, 0.1) is 11.4 Å². The van der Waals surface area contributed by atoms with Crippen molar-refractivity contribution in [1.82, 2.24) is 0 Å². The summed E-state index contributed by atoms with van der Waals surface area (Å²) in [6, 6.07) is 6.95. The van der Waals surface area contributed by atoms with Crippen molar-refractivity contribution in [3.8, 4) is 0 Å². The van der Waals surface area contributed by atoms with Crippen LogP contribution in [-0.4, -0.2) is 28.8 Å². The second kappa shape index (κ2) is 7.46. The molecule has 0 saturated carbocycles. The van der Waals surface area contributed by atoms with Crippen LogP contribution in [0.1, 0.15) is 18.9 Å². The Bertz CT molecular complexity index is 582. The monoisotopic (exact) mass is 439 g/mol. The van der Waals surface area contributed by atoms with Crippen LogP contribution >= 0.6 is 22.6 Å². The molecule has 0 spiro atoms. The molecule has 0 radical (unpaired) electrons. The number of hydrogen-bond donors (Lipinski definition) is 0.